The van der Waals surface area contributed by atoms with Crippen LogP contribution in [0.1, 0.15) is 5.56 Å². The number of carboxylic acids is 1. The van der Waals surface area contributed by atoms with Gasteiger partial charge in [-0.25, -0.2) is 4.98 Å². The first kappa shape index (κ1) is 16.2. The third-order valence-corrected chi connectivity index (χ3v) is 4.98. The second-order valence-corrected chi connectivity index (χ2v) is 6.98. The average molecular weight is 367 g/mol. The van der Waals surface area contributed by atoms with Gasteiger partial charge in [0.25, 0.3) is 0 Å². The van der Waals surface area contributed by atoms with Crippen molar-refractivity contribution in [2.24, 2.45) is 0 Å². The lowest BCUT2D eigenvalue weighted by Crippen LogP contribution is -2.19. The standard InChI is InChI=1S/C16H12Cl2N2O2S/c17-10-5-6-11(18)9(7-10)8-14(15(21)22)23-16-19-12-3-1-2-4-13(12)20-16/h1-7,14H,8H2,(H,19,20)(H,21,22)/t14-/m1/s1. The van der Waals surface area contributed by atoms with Crippen LogP contribution >= 0.6 is 35.0 Å². The van der Waals surface area contributed by atoms with E-state index in [2.05, 4.69) is 9.97 Å². The van der Waals surface area contributed by atoms with Crippen molar-refractivity contribution in [1.29, 1.82) is 0 Å². The summed E-state index contributed by atoms with van der Waals surface area (Å²) in [6.07, 6.45) is 0.260. The molecule has 2 aromatic carbocycles. The number of halogens is 2. The molecule has 1 atom stereocenters. The van der Waals surface area contributed by atoms with Crippen molar-refractivity contribution in [2.75, 3.05) is 0 Å². The van der Waals surface area contributed by atoms with Gasteiger partial charge < -0.3 is 10.1 Å². The molecule has 7 heteroatoms. The molecule has 3 aromatic rings. The van der Waals surface area contributed by atoms with Gasteiger partial charge in [-0.3, -0.25) is 4.79 Å². The van der Waals surface area contributed by atoms with Gasteiger partial charge in [0.1, 0.15) is 5.25 Å². The zero-order valence-corrected chi connectivity index (χ0v) is 14.1. The molecule has 4 nitrogen and oxygen atoms in total. The maximum atomic E-state index is 11.6. The number of nitrogens with one attached hydrogen (secondary N) is 1. The molecular formula is C16H12Cl2N2O2S. The van der Waals surface area contributed by atoms with Crippen LogP contribution in [0.15, 0.2) is 47.6 Å². The summed E-state index contributed by atoms with van der Waals surface area (Å²) in [6, 6.07) is 12.6. The van der Waals surface area contributed by atoms with Crippen LogP contribution in [0, 0.1) is 0 Å². The van der Waals surface area contributed by atoms with E-state index < -0.39 is 11.2 Å². The van der Waals surface area contributed by atoms with Crippen LogP contribution in [0.5, 0.6) is 0 Å². The predicted molar refractivity (Wildman–Crippen MR) is 93.5 cm³/mol. The highest BCUT2D eigenvalue weighted by Gasteiger charge is 2.22. The minimum Gasteiger partial charge on any atom is -0.480 e. The Hall–Kier alpha value is -1.69. The molecular weight excluding hydrogens is 355 g/mol. The van der Waals surface area contributed by atoms with E-state index in [0.29, 0.717) is 20.8 Å². The largest absolute Gasteiger partial charge is 0.480 e. The van der Waals surface area contributed by atoms with Gasteiger partial charge in [-0.2, -0.15) is 0 Å². The molecule has 118 valence electrons. The zero-order valence-electron chi connectivity index (χ0n) is 11.8. The van der Waals surface area contributed by atoms with Gasteiger partial charge in [-0.15, -0.1) is 0 Å². The zero-order chi connectivity index (χ0) is 16.4. The van der Waals surface area contributed by atoms with E-state index in [1.165, 1.54) is 0 Å². The number of carbonyl (C=O) groups is 1. The highest BCUT2D eigenvalue weighted by molar-refractivity contribution is 8.00. The molecule has 0 unspecified atom stereocenters. The summed E-state index contributed by atoms with van der Waals surface area (Å²) in [5.41, 5.74) is 2.38. The molecule has 0 aliphatic rings. The van der Waals surface area contributed by atoms with Crippen LogP contribution < -0.4 is 0 Å². The van der Waals surface area contributed by atoms with Gasteiger partial charge in [-0.1, -0.05) is 47.1 Å². The number of aromatic amines is 1. The van der Waals surface area contributed by atoms with E-state index in [4.69, 9.17) is 23.2 Å². The number of carboxylic acid groups (broad SMARTS) is 1. The fraction of sp³-hybridized carbons (Fsp3) is 0.125. The van der Waals surface area contributed by atoms with Crippen molar-refractivity contribution in [2.45, 2.75) is 16.8 Å². The van der Waals surface area contributed by atoms with Crippen molar-refractivity contribution in [1.82, 2.24) is 9.97 Å². The van der Waals surface area contributed by atoms with Crippen molar-refractivity contribution >= 4 is 52.0 Å². The van der Waals surface area contributed by atoms with Crippen LogP contribution in [-0.2, 0) is 11.2 Å². The Morgan fingerprint density at radius 3 is 2.78 bits per heavy atom. The number of nitrogens with zero attached hydrogens (tertiary/aromatic N) is 1. The maximum Gasteiger partial charge on any atom is 0.317 e. The first-order valence-corrected chi connectivity index (χ1v) is 8.44. The number of hydrogen-bond donors (Lipinski definition) is 2. The number of thioether (sulfide) groups is 1. The van der Waals surface area contributed by atoms with Crippen LogP contribution in [0.3, 0.4) is 0 Å². The quantitative estimate of drug-likeness (QED) is 0.644. The van der Waals surface area contributed by atoms with E-state index in [9.17, 15) is 9.90 Å². The van der Waals surface area contributed by atoms with Crippen LogP contribution in [0.25, 0.3) is 11.0 Å². The van der Waals surface area contributed by atoms with Crippen LogP contribution in [0.2, 0.25) is 10.0 Å². The predicted octanol–water partition coefficient (Wildman–Crippen LogP) is 4.66. The molecule has 0 radical (unpaired) electrons. The third kappa shape index (κ3) is 3.80. The lowest BCUT2D eigenvalue weighted by atomic mass is 10.1. The topological polar surface area (TPSA) is 66.0 Å². The van der Waals surface area contributed by atoms with Gasteiger partial charge >= 0.3 is 5.97 Å². The fourth-order valence-corrected chi connectivity index (χ4v) is 3.54. The van der Waals surface area contributed by atoms with Gasteiger partial charge in [0.2, 0.25) is 0 Å². The Morgan fingerprint density at radius 1 is 1.26 bits per heavy atom. The van der Waals surface area contributed by atoms with E-state index in [1.807, 2.05) is 24.3 Å². The van der Waals surface area contributed by atoms with Gasteiger partial charge in [-0.05, 0) is 42.3 Å². The monoisotopic (exact) mass is 366 g/mol. The number of imidazole rings is 1. The molecule has 0 amide bonds. The molecule has 1 aromatic heterocycles. The molecule has 0 fully saturated rings. The normalized spacial score (nSPS) is 12.4. The number of para-hydroxylation sites is 2. The molecule has 23 heavy (non-hydrogen) atoms. The summed E-state index contributed by atoms with van der Waals surface area (Å²) < 4.78 is 0. The summed E-state index contributed by atoms with van der Waals surface area (Å²) in [7, 11) is 0. The molecule has 0 spiro atoms. The van der Waals surface area contributed by atoms with Crippen molar-refractivity contribution in [3.05, 3.63) is 58.1 Å². The Kier molecular flexibility index (Phi) is 4.80. The number of hydrogen-bond acceptors (Lipinski definition) is 3. The lowest BCUT2D eigenvalue weighted by Gasteiger charge is -2.12. The van der Waals surface area contributed by atoms with Crippen molar-refractivity contribution in [3.8, 4) is 0 Å². The smallest absolute Gasteiger partial charge is 0.317 e. The van der Waals surface area contributed by atoms with Gasteiger partial charge in [0, 0.05) is 10.0 Å². The van der Waals surface area contributed by atoms with Gasteiger partial charge in [0.05, 0.1) is 11.0 Å². The summed E-state index contributed by atoms with van der Waals surface area (Å²) in [6.45, 7) is 0. The second kappa shape index (κ2) is 6.83. The number of H-pyrrole nitrogens is 1. The molecule has 0 saturated heterocycles. The Bertz CT molecular complexity index is 833. The van der Waals surface area contributed by atoms with E-state index >= 15 is 0 Å². The Balaban J connectivity index is 1.84. The van der Waals surface area contributed by atoms with E-state index in [-0.39, 0.29) is 6.42 Å². The van der Waals surface area contributed by atoms with Crippen molar-refractivity contribution in [3.63, 3.8) is 0 Å². The van der Waals surface area contributed by atoms with Crippen LogP contribution in [0.4, 0.5) is 0 Å². The first-order chi connectivity index (χ1) is 11.0. The highest BCUT2D eigenvalue weighted by atomic mass is 35.5. The number of aliphatic carboxylic acids is 1. The molecule has 0 bridgehead atoms. The second-order valence-electron chi connectivity index (χ2n) is 4.94. The minimum absolute atomic E-state index is 0.260. The van der Waals surface area contributed by atoms with Crippen LogP contribution in [-0.4, -0.2) is 26.3 Å². The summed E-state index contributed by atoms with van der Waals surface area (Å²) >= 11 is 13.3. The molecule has 0 aliphatic carbocycles. The minimum atomic E-state index is -0.925. The van der Waals surface area contributed by atoms with Gasteiger partial charge in [0.15, 0.2) is 5.16 Å². The summed E-state index contributed by atoms with van der Waals surface area (Å²) in [5.74, 6) is -0.925. The third-order valence-electron chi connectivity index (χ3n) is 3.31. The van der Waals surface area contributed by atoms with E-state index in [0.717, 1.165) is 22.8 Å². The Labute approximate surface area is 146 Å². The number of aromatic nitrogens is 2. The summed E-state index contributed by atoms with van der Waals surface area (Å²) in [4.78, 5) is 19.1. The molecule has 3 rings (SSSR count). The number of rotatable bonds is 5. The molecule has 1 heterocycles. The highest BCUT2D eigenvalue weighted by Crippen LogP contribution is 2.29. The molecule has 0 aliphatic heterocycles. The van der Waals surface area contributed by atoms with Crippen molar-refractivity contribution < 1.29 is 9.90 Å². The lowest BCUT2D eigenvalue weighted by molar-refractivity contribution is -0.136. The summed E-state index contributed by atoms with van der Waals surface area (Å²) in [5, 5.41) is 10.4. The average Bonchev–Trinajstić information content (AvgIpc) is 2.92. The first-order valence-electron chi connectivity index (χ1n) is 6.81. The Morgan fingerprint density at radius 2 is 2.04 bits per heavy atom. The van der Waals surface area contributed by atoms with E-state index in [1.54, 1.807) is 18.2 Å². The number of fused-ring (bicyclic) bond motifs is 1. The fourth-order valence-electron chi connectivity index (χ4n) is 2.20. The number of benzene rings is 2. The SMILES string of the molecule is O=C(O)[C@@H](Cc1cc(Cl)ccc1Cl)Sc1nc2ccccc2[nH]1. The molecule has 0 saturated carbocycles. The molecule has 2 N–H and O–H groups in total. The maximum absolute atomic E-state index is 11.6.